The van der Waals surface area contributed by atoms with Gasteiger partial charge in [0.2, 0.25) is 5.91 Å². The van der Waals surface area contributed by atoms with Crippen LogP contribution in [0.2, 0.25) is 0 Å². The van der Waals surface area contributed by atoms with Crippen molar-refractivity contribution >= 4 is 30.1 Å². The molecule has 1 aliphatic heterocycles. The zero-order chi connectivity index (χ0) is 19.8. The van der Waals surface area contributed by atoms with Crippen molar-refractivity contribution in [3.63, 3.8) is 0 Å². The molecule has 2 N–H and O–H groups in total. The quantitative estimate of drug-likeness (QED) is 0.792. The number of carbonyl (C=O) groups excluding carboxylic acids is 1. The summed E-state index contributed by atoms with van der Waals surface area (Å²) in [6.45, 7) is 7.79. The molecule has 146 valence electrons. The second kappa shape index (κ2) is 7.28. The maximum absolute atomic E-state index is 12.5. The summed E-state index contributed by atoms with van der Waals surface area (Å²) in [5.74, 6) is -1.23. The van der Waals surface area contributed by atoms with Crippen LogP contribution in [0.1, 0.15) is 70.2 Å². The Labute approximate surface area is 160 Å². The summed E-state index contributed by atoms with van der Waals surface area (Å²) in [5, 5.41) is 12.4. The second-order valence-corrected chi connectivity index (χ2v) is 8.52. The van der Waals surface area contributed by atoms with Crippen molar-refractivity contribution in [1.82, 2.24) is 0 Å². The summed E-state index contributed by atoms with van der Waals surface area (Å²) >= 11 is 0. The van der Waals surface area contributed by atoms with E-state index in [1.807, 2.05) is 27.7 Å². The molecule has 1 aliphatic carbocycles. The molecule has 7 heteroatoms. The normalized spacial score (nSPS) is 21.9. The molecule has 0 unspecified atom stereocenters. The third-order valence-corrected chi connectivity index (χ3v) is 6.03. The van der Waals surface area contributed by atoms with E-state index in [2.05, 4.69) is 5.32 Å². The molecular weight excluding hydrogens is 345 g/mol. The van der Waals surface area contributed by atoms with E-state index in [1.165, 1.54) is 6.07 Å². The van der Waals surface area contributed by atoms with Gasteiger partial charge in [0.05, 0.1) is 22.5 Å². The van der Waals surface area contributed by atoms with Gasteiger partial charge in [-0.05, 0) is 58.1 Å². The molecule has 2 fully saturated rings. The zero-order valence-corrected chi connectivity index (χ0v) is 16.5. The lowest BCUT2D eigenvalue weighted by atomic mass is 9.78. The first-order chi connectivity index (χ1) is 12.6. The van der Waals surface area contributed by atoms with E-state index in [-0.39, 0.29) is 17.4 Å². The van der Waals surface area contributed by atoms with Crippen LogP contribution in [0, 0.1) is 5.92 Å². The van der Waals surface area contributed by atoms with Gasteiger partial charge in [-0.15, -0.1) is 0 Å². The SMILES string of the molecule is CC1(C)OB(c2ccc(NC(=O)C3CCCCC3)c(C(=O)O)c2)OC1(C)C. The number of amides is 1. The van der Waals surface area contributed by atoms with Gasteiger partial charge >= 0.3 is 13.1 Å². The van der Waals surface area contributed by atoms with Crippen LogP contribution in [0.5, 0.6) is 0 Å². The van der Waals surface area contributed by atoms with Gasteiger partial charge in [-0.3, -0.25) is 4.79 Å². The van der Waals surface area contributed by atoms with E-state index >= 15 is 0 Å². The minimum Gasteiger partial charge on any atom is -0.478 e. The van der Waals surface area contributed by atoms with Gasteiger partial charge in [0.15, 0.2) is 0 Å². The number of rotatable bonds is 4. The third kappa shape index (κ3) is 4.04. The van der Waals surface area contributed by atoms with Crippen LogP contribution in [-0.4, -0.2) is 35.3 Å². The van der Waals surface area contributed by atoms with E-state index in [1.54, 1.807) is 12.1 Å². The molecule has 2 aliphatic rings. The van der Waals surface area contributed by atoms with Gasteiger partial charge in [-0.1, -0.05) is 25.3 Å². The van der Waals surface area contributed by atoms with Crippen LogP contribution in [0.25, 0.3) is 0 Å². The number of hydrogen-bond donors (Lipinski definition) is 2. The lowest BCUT2D eigenvalue weighted by molar-refractivity contribution is -0.120. The van der Waals surface area contributed by atoms with Gasteiger partial charge in [0, 0.05) is 5.92 Å². The van der Waals surface area contributed by atoms with Crippen molar-refractivity contribution < 1.29 is 24.0 Å². The van der Waals surface area contributed by atoms with Crippen LogP contribution < -0.4 is 10.8 Å². The van der Waals surface area contributed by atoms with Crippen LogP contribution in [0.15, 0.2) is 18.2 Å². The first kappa shape index (κ1) is 19.9. The maximum atomic E-state index is 12.5. The summed E-state index contributed by atoms with van der Waals surface area (Å²) in [7, 11) is -0.642. The van der Waals surface area contributed by atoms with E-state index in [0.29, 0.717) is 11.2 Å². The topological polar surface area (TPSA) is 84.9 Å². The lowest BCUT2D eigenvalue weighted by Gasteiger charge is -2.32. The highest BCUT2D eigenvalue weighted by atomic mass is 16.7. The van der Waals surface area contributed by atoms with Crippen LogP contribution in [0.3, 0.4) is 0 Å². The lowest BCUT2D eigenvalue weighted by Crippen LogP contribution is -2.41. The highest BCUT2D eigenvalue weighted by Gasteiger charge is 2.51. The number of nitrogens with one attached hydrogen (secondary N) is 1. The van der Waals surface area contributed by atoms with Crippen molar-refractivity contribution in [2.45, 2.75) is 71.0 Å². The van der Waals surface area contributed by atoms with Gasteiger partial charge in [-0.25, -0.2) is 4.79 Å². The first-order valence-corrected chi connectivity index (χ1v) is 9.64. The largest absolute Gasteiger partial charge is 0.494 e. The molecular formula is C20H28BNO5. The highest BCUT2D eigenvalue weighted by Crippen LogP contribution is 2.36. The summed E-state index contributed by atoms with van der Waals surface area (Å²) in [4.78, 5) is 24.3. The minimum atomic E-state index is -1.09. The molecule has 6 nitrogen and oxygen atoms in total. The molecule has 3 rings (SSSR count). The Balaban J connectivity index is 1.81. The van der Waals surface area contributed by atoms with Gasteiger partial charge in [-0.2, -0.15) is 0 Å². The molecule has 1 amide bonds. The molecule has 0 aromatic heterocycles. The molecule has 0 atom stereocenters. The number of anilines is 1. The Kier molecular flexibility index (Phi) is 5.37. The number of hydrogen-bond acceptors (Lipinski definition) is 4. The summed E-state index contributed by atoms with van der Waals surface area (Å²) in [6.07, 6.45) is 4.98. The Morgan fingerprint density at radius 1 is 1.07 bits per heavy atom. The standard InChI is InChI=1S/C20H28BNO5/c1-19(2)20(3,4)27-21(26-19)14-10-11-16(15(12-14)18(24)25)22-17(23)13-8-6-5-7-9-13/h10-13H,5-9H2,1-4H3,(H,22,23)(H,24,25). The maximum Gasteiger partial charge on any atom is 0.494 e. The van der Waals surface area contributed by atoms with Crippen LogP contribution in [-0.2, 0) is 14.1 Å². The Bertz CT molecular complexity index is 724. The smallest absolute Gasteiger partial charge is 0.478 e. The van der Waals surface area contributed by atoms with Crippen molar-refractivity contribution in [2.75, 3.05) is 5.32 Å². The second-order valence-electron chi connectivity index (χ2n) is 8.52. The van der Waals surface area contributed by atoms with Crippen molar-refractivity contribution in [3.8, 4) is 0 Å². The summed E-state index contributed by atoms with van der Waals surface area (Å²) < 4.78 is 12.0. The van der Waals surface area contributed by atoms with Crippen molar-refractivity contribution in [1.29, 1.82) is 0 Å². The molecule has 1 saturated carbocycles. The first-order valence-electron chi connectivity index (χ1n) is 9.64. The fourth-order valence-electron chi connectivity index (χ4n) is 3.57. The fraction of sp³-hybridized carbons (Fsp3) is 0.600. The average molecular weight is 373 g/mol. The Hall–Kier alpha value is -1.86. The van der Waals surface area contributed by atoms with E-state index in [0.717, 1.165) is 32.1 Å². The highest BCUT2D eigenvalue weighted by molar-refractivity contribution is 6.62. The molecule has 1 saturated heterocycles. The predicted molar refractivity (Wildman–Crippen MR) is 104 cm³/mol. The number of benzene rings is 1. The summed E-state index contributed by atoms with van der Waals surface area (Å²) in [5.41, 5.74) is -0.0180. The van der Waals surface area contributed by atoms with Gasteiger partial charge in [0.1, 0.15) is 0 Å². The number of carboxylic acids is 1. The summed E-state index contributed by atoms with van der Waals surface area (Å²) in [6, 6.07) is 4.91. The zero-order valence-electron chi connectivity index (χ0n) is 16.5. The predicted octanol–water partition coefficient (Wildman–Crippen LogP) is 3.20. The molecule has 1 aromatic carbocycles. The van der Waals surface area contributed by atoms with Crippen molar-refractivity contribution in [3.05, 3.63) is 23.8 Å². The molecule has 27 heavy (non-hydrogen) atoms. The number of aromatic carboxylic acids is 1. The number of carbonyl (C=O) groups is 2. The van der Waals surface area contributed by atoms with Crippen LogP contribution in [0.4, 0.5) is 5.69 Å². The van der Waals surface area contributed by atoms with E-state index in [9.17, 15) is 14.7 Å². The fourth-order valence-corrected chi connectivity index (χ4v) is 3.57. The Morgan fingerprint density at radius 2 is 1.67 bits per heavy atom. The molecule has 1 aromatic rings. The average Bonchev–Trinajstić information content (AvgIpc) is 2.83. The van der Waals surface area contributed by atoms with Gasteiger partial charge < -0.3 is 19.7 Å². The molecule has 0 bridgehead atoms. The Morgan fingerprint density at radius 3 is 2.22 bits per heavy atom. The number of carboxylic acid groups (broad SMARTS) is 1. The van der Waals surface area contributed by atoms with E-state index < -0.39 is 24.3 Å². The molecule has 0 radical (unpaired) electrons. The van der Waals surface area contributed by atoms with E-state index in [4.69, 9.17) is 9.31 Å². The minimum absolute atomic E-state index is 0.0387. The monoisotopic (exact) mass is 373 g/mol. The third-order valence-electron chi connectivity index (χ3n) is 6.03. The van der Waals surface area contributed by atoms with Crippen LogP contribution >= 0.6 is 0 Å². The van der Waals surface area contributed by atoms with Crippen molar-refractivity contribution in [2.24, 2.45) is 5.92 Å². The molecule has 0 spiro atoms. The molecule has 1 heterocycles. The van der Waals surface area contributed by atoms with Gasteiger partial charge in [0.25, 0.3) is 0 Å².